The zero-order chi connectivity index (χ0) is 10.9. The van der Waals surface area contributed by atoms with Crippen molar-refractivity contribution in [3.8, 4) is 0 Å². The van der Waals surface area contributed by atoms with Crippen molar-refractivity contribution in [2.24, 2.45) is 11.7 Å². The summed E-state index contributed by atoms with van der Waals surface area (Å²) in [5.74, 6) is 0.641. The zero-order valence-corrected chi connectivity index (χ0v) is 9.93. The van der Waals surface area contributed by atoms with Gasteiger partial charge in [-0.05, 0) is 30.4 Å². The Morgan fingerprint density at radius 1 is 1.47 bits per heavy atom. The van der Waals surface area contributed by atoms with Crippen LogP contribution in [-0.4, -0.2) is 6.54 Å². The van der Waals surface area contributed by atoms with E-state index in [0.29, 0.717) is 12.5 Å². The van der Waals surface area contributed by atoms with E-state index in [2.05, 4.69) is 19.1 Å². The molecule has 1 nitrogen and oxygen atoms in total. The first kappa shape index (κ1) is 11.0. The fourth-order valence-corrected chi connectivity index (χ4v) is 3.25. The number of benzene rings is 1. The lowest BCUT2D eigenvalue weighted by Gasteiger charge is -2.33. The minimum atomic E-state index is 0.123. The molecule has 2 N–H and O–H groups in total. The summed E-state index contributed by atoms with van der Waals surface area (Å²) in [6, 6.07) is 8.15. The van der Waals surface area contributed by atoms with Crippen molar-refractivity contribution in [1.82, 2.24) is 0 Å². The third kappa shape index (κ3) is 1.68. The Kier molecular flexibility index (Phi) is 3.03. The molecular weight excluding hydrogens is 206 g/mol. The first-order chi connectivity index (χ1) is 7.20. The Balaban J connectivity index is 2.47. The van der Waals surface area contributed by atoms with Crippen LogP contribution in [0.3, 0.4) is 0 Å². The van der Waals surface area contributed by atoms with Gasteiger partial charge >= 0.3 is 0 Å². The van der Waals surface area contributed by atoms with E-state index >= 15 is 0 Å². The molecule has 1 saturated carbocycles. The van der Waals surface area contributed by atoms with E-state index in [-0.39, 0.29) is 5.41 Å². The molecule has 1 fully saturated rings. The molecule has 2 heteroatoms. The number of rotatable bonds is 2. The maximum Gasteiger partial charge on any atom is 0.0444 e. The van der Waals surface area contributed by atoms with Crippen molar-refractivity contribution in [2.75, 3.05) is 6.54 Å². The molecule has 15 heavy (non-hydrogen) atoms. The average Bonchev–Trinajstić information content (AvgIpc) is 2.61. The van der Waals surface area contributed by atoms with Crippen LogP contribution >= 0.6 is 11.6 Å². The van der Waals surface area contributed by atoms with Gasteiger partial charge in [0.25, 0.3) is 0 Å². The molecule has 0 heterocycles. The maximum absolute atomic E-state index is 6.28. The first-order valence-electron chi connectivity index (χ1n) is 5.66. The number of hydrogen-bond donors (Lipinski definition) is 1. The Hall–Kier alpha value is -0.530. The fourth-order valence-electron chi connectivity index (χ4n) is 2.92. The molecule has 1 aromatic carbocycles. The van der Waals surface area contributed by atoms with E-state index in [0.717, 1.165) is 5.02 Å². The van der Waals surface area contributed by atoms with Crippen molar-refractivity contribution in [2.45, 2.75) is 31.6 Å². The van der Waals surface area contributed by atoms with Gasteiger partial charge in [0.15, 0.2) is 0 Å². The molecule has 1 aliphatic carbocycles. The predicted molar refractivity (Wildman–Crippen MR) is 65.2 cm³/mol. The molecule has 0 spiro atoms. The quantitative estimate of drug-likeness (QED) is 0.818. The fraction of sp³-hybridized carbons (Fsp3) is 0.538. The minimum absolute atomic E-state index is 0.123. The van der Waals surface area contributed by atoms with Gasteiger partial charge in [-0.1, -0.05) is 43.1 Å². The lowest BCUT2D eigenvalue weighted by Crippen LogP contribution is -2.37. The van der Waals surface area contributed by atoms with Crippen LogP contribution in [0, 0.1) is 5.92 Å². The Morgan fingerprint density at radius 2 is 2.20 bits per heavy atom. The van der Waals surface area contributed by atoms with Gasteiger partial charge < -0.3 is 5.73 Å². The molecule has 2 rings (SSSR count). The number of halogens is 1. The maximum atomic E-state index is 6.28. The van der Waals surface area contributed by atoms with Gasteiger partial charge in [-0.2, -0.15) is 0 Å². The number of hydrogen-bond acceptors (Lipinski definition) is 1. The minimum Gasteiger partial charge on any atom is -0.330 e. The largest absolute Gasteiger partial charge is 0.330 e. The van der Waals surface area contributed by atoms with Gasteiger partial charge in [-0.3, -0.25) is 0 Å². The van der Waals surface area contributed by atoms with Crippen LogP contribution in [0.4, 0.5) is 0 Å². The summed E-state index contributed by atoms with van der Waals surface area (Å²) in [6.45, 7) is 3.00. The van der Waals surface area contributed by atoms with Crippen molar-refractivity contribution in [1.29, 1.82) is 0 Å². The Morgan fingerprint density at radius 3 is 2.73 bits per heavy atom. The normalized spacial score (nSPS) is 30.7. The van der Waals surface area contributed by atoms with Crippen molar-refractivity contribution < 1.29 is 0 Å². The van der Waals surface area contributed by atoms with E-state index in [1.54, 1.807) is 0 Å². The van der Waals surface area contributed by atoms with Gasteiger partial charge in [0, 0.05) is 17.0 Å². The topological polar surface area (TPSA) is 26.0 Å². The predicted octanol–water partition coefficient (Wildman–Crippen LogP) is 3.36. The van der Waals surface area contributed by atoms with E-state index in [9.17, 15) is 0 Å². The Labute approximate surface area is 96.6 Å². The lowest BCUT2D eigenvalue weighted by molar-refractivity contribution is 0.346. The van der Waals surface area contributed by atoms with E-state index in [1.807, 2.05) is 12.1 Å². The van der Waals surface area contributed by atoms with Gasteiger partial charge in [0.1, 0.15) is 0 Å². The molecule has 0 amide bonds. The molecule has 2 unspecified atom stereocenters. The van der Waals surface area contributed by atoms with E-state index in [1.165, 1.54) is 24.8 Å². The molecule has 1 aromatic rings. The summed E-state index contributed by atoms with van der Waals surface area (Å²) in [5, 5.41) is 0.872. The lowest BCUT2D eigenvalue weighted by atomic mass is 9.73. The van der Waals surface area contributed by atoms with Crippen LogP contribution in [-0.2, 0) is 5.41 Å². The Bertz CT molecular complexity index is 350. The van der Waals surface area contributed by atoms with E-state index < -0.39 is 0 Å². The monoisotopic (exact) mass is 223 g/mol. The van der Waals surface area contributed by atoms with Crippen LogP contribution in [0.15, 0.2) is 24.3 Å². The number of nitrogens with two attached hydrogens (primary N) is 1. The zero-order valence-electron chi connectivity index (χ0n) is 9.17. The molecule has 2 atom stereocenters. The molecule has 0 aliphatic heterocycles. The molecule has 0 radical (unpaired) electrons. The smallest absolute Gasteiger partial charge is 0.0444 e. The van der Waals surface area contributed by atoms with Crippen LogP contribution in [0.25, 0.3) is 0 Å². The van der Waals surface area contributed by atoms with Crippen LogP contribution in [0.5, 0.6) is 0 Å². The highest BCUT2D eigenvalue weighted by Gasteiger charge is 2.41. The first-order valence-corrected chi connectivity index (χ1v) is 6.03. The van der Waals surface area contributed by atoms with E-state index in [4.69, 9.17) is 17.3 Å². The summed E-state index contributed by atoms with van der Waals surface area (Å²) in [4.78, 5) is 0. The molecular formula is C13H18ClN. The average molecular weight is 224 g/mol. The molecule has 0 saturated heterocycles. The second-order valence-electron chi connectivity index (χ2n) is 4.63. The van der Waals surface area contributed by atoms with Crippen LogP contribution in [0.2, 0.25) is 5.02 Å². The summed E-state index contributed by atoms with van der Waals surface area (Å²) >= 11 is 6.28. The highest BCUT2D eigenvalue weighted by Crippen LogP contribution is 2.46. The van der Waals surface area contributed by atoms with Gasteiger partial charge in [0.05, 0.1) is 0 Å². The summed E-state index contributed by atoms with van der Waals surface area (Å²) in [7, 11) is 0. The van der Waals surface area contributed by atoms with Gasteiger partial charge in [0.2, 0.25) is 0 Å². The highest BCUT2D eigenvalue weighted by molar-refractivity contribution is 6.31. The third-order valence-corrected chi connectivity index (χ3v) is 4.31. The van der Waals surface area contributed by atoms with Crippen molar-refractivity contribution in [3.05, 3.63) is 34.9 Å². The van der Waals surface area contributed by atoms with Gasteiger partial charge in [-0.15, -0.1) is 0 Å². The summed E-state index contributed by atoms with van der Waals surface area (Å²) < 4.78 is 0. The summed E-state index contributed by atoms with van der Waals surface area (Å²) in [6.07, 6.45) is 3.71. The standard InChI is InChI=1S/C13H18ClN/c1-10-5-4-8-13(10,9-15)11-6-2-3-7-12(11)14/h2-3,6-7,10H,4-5,8-9,15H2,1H3. The van der Waals surface area contributed by atoms with Crippen LogP contribution in [0.1, 0.15) is 31.7 Å². The second-order valence-corrected chi connectivity index (χ2v) is 5.04. The third-order valence-electron chi connectivity index (χ3n) is 3.98. The molecule has 1 aliphatic rings. The van der Waals surface area contributed by atoms with Crippen molar-refractivity contribution in [3.63, 3.8) is 0 Å². The molecule has 82 valence electrons. The highest BCUT2D eigenvalue weighted by atomic mass is 35.5. The second kappa shape index (κ2) is 4.15. The van der Waals surface area contributed by atoms with Crippen LogP contribution < -0.4 is 5.73 Å². The van der Waals surface area contributed by atoms with Gasteiger partial charge in [-0.25, -0.2) is 0 Å². The summed E-state index contributed by atoms with van der Waals surface area (Å²) in [5.41, 5.74) is 7.37. The SMILES string of the molecule is CC1CCCC1(CN)c1ccccc1Cl. The molecule has 0 aromatic heterocycles. The molecule has 0 bridgehead atoms. The van der Waals surface area contributed by atoms with Crippen molar-refractivity contribution >= 4 is 11.6 Å².